The molecule has 1 rings (SSSR count). The minimum absolute atomic E-state index is 0.0421. The molecule has 108 valence electrons. The maximum Gasteiger partial charge on any atom is 0.221 e. The van der Waals surface area contributed by atoms with Crippen LogP contribution in [0.5, 0.6) is 0 Å². The molecule has 0 saturated heterocycles. The van der Waals surface area contributed by atoms with E-state index in [-0.39, 0.29) is 17.2 Å². The van der Waals surface area contributed by atoms with Gasteiger partial charge in [-0.25, -0.2) is 4.98 Å². The second-order valence-electron chi connectivity index (χ2n) is 5.86. The summed E-state index contributed by atoms with van der Waals surface area (Å²) in [5.74, 6) is 0.126. The molecule has 0 aliphatic carbocycles. The van der Waals surface area contributed by atoms with Crippen LogP contribution >= 0.6 is 0 Å². The number of hydrogen-bond acceptors (Lipinski definition) is 4. The molecule has 0 aliphatic heterocycles. The van der Waals surface area contributed by atoms with Gasteiger partial charge in [-0.05, 0) is 5.92 Å². The number of nitrogens with one attached hydrogen (secondary N) is 1. The van der Waals surface area contributed by atoms with Crippen molar-refractivity contribution in [2.24, 2.45) is 11.3 Å². The fourth-order valence-electron chi connectivity index (χ4n) is 1.99. The fourth-order valence-corrected chi connectivity index (χ4v) is 1.99. The van der Waals surface area contributed by atoms with Crippen LogP contribution in [0.3, 0.4) is 0 Å². The van der Waals surface area contributed by atoms with E-state index in [9.17, 15) is 9.90 Å². The summed E-state index contributed by atoms with van der Waals surface area (Å²) in [6.07, 6.45) is 2.94. The van der Waals surface area contributed by atoms with E-state index in [2.05, 4.69) is 15.4 Å². The van der Waals surface area contributed by atoms with Crippen molar-refractivity contribution < 1.29 is 9.90 Å². The average Bonchev–Trinajstić information content (AvgIpc) is 2.86. The minimum Gasteiger partial charge on any atom is -0.392 e. The zero-order valence-corrected chi connectivity index (χ0v) is 12.1. The van der Waals surface area contributed by atoms with Crippen LogP contribution < -0.4 is 5.32 Å². The molecule has 1 unspecified atom stereocenters. The lowest BCUT2D eigenvalue weighted by Gasteiger charge is -2.33. The van der Waals surface area contributed by atoms with Crippen molar-refractivity contribution in [3.63, 3.8) is 0 Å². The zero-order chi connectivity index (χ0) is 14.5. The highest BCUT2D eigenvalue weighted by Gasteiger charge is 2.30. The normalized spacial score (nSPS) is 13.6. The molecule has 6 heteroatoms. The summed E-state index contributed by atoms with van der Waals surface area (Å²) in [5.41, 5.74) is -0.336. The Balaban J connectivity index is 2.33. The summed E-state index contributed by atoms with van der Waals surface area (Å²) < 4.78 is 1.62. The standard InChI is InChI=1S/C13H24N4O2/c1-10(2)12(19)13(3,4)7-15-11(18)5-6-17-9-14-8-16-17/h8-10,12,19H,5-7H2,1-4H3,(H,15,18). The minimum atomic E-state index is -0.442. The number of aromatic nitrogens is 3. The van der Waals surface area contributed by atoms with E-state index in [1.54, 1.807) is 11.0 Å². The predicted molar refractivity (Wildman–Crippen MR) is 72.3 cm³/mol. The van der Waals surface area contributed by atoms with Crippen molar-refractivity contribution in [1.29, 1.82) is 0 Å². The maximum absolute atomic E-state index is 11.7. The van der Waals surface area contributed by atoms with Crippen LogP contribution in [0.25, 0.3) is 0 Å². The number of amides is 1. The van der Waals surface area contributed by atoms with Crippen LogP contribution in [0.1, 0.15) is 34.1 Å². The quantitative estimate of drug-likeness (QED) is 0.767. The summed E-state index contributed by atoms with van der Waals surface area (Å²) in [5, 5.41) is 16.9. The molecule has 19 heavy (non-hydrogen) atoms. The van der Waals surface area contributed by atoms with Crippen molar-refractivity contribution in [3.8, 4) is 0 Å². The lowest BCUT2D eigenvalue weighted by Crippen LogP contribution is -2.43. The maximum atomic E-state index is 11.7. The average molecular weight is 268 g/mol. The number of carbonyl (C=O) groups is 1. The van der Waals surface area contributed by atoms with E-state index in [0.717, 1.165) is 0 Å². The largest absolute Gasteiger partial charge is 0.392 e. The van der Waals surface area contributed by atoms with Crippen LogP contribution in [0.2, 0.25) is 0 Å². The Hall–Kier alpha value is -1.43. The van der Waals surface area contributed by atoms with Gasteiger partial charge in [-0.1, -0.05) is 27.7 Å². The van der Waals surface area contributed by atoms with Crippen LogP contribution in [-0.4, -0.2) is 38.4 Å². The fraction of sp³-hybridized carbons (Fsp3) is 0.769. The molecule has 0 aromatic carbocycles. The van der Waals surface area contributed by atoms with Gasteiger partial charge in [0.1, 0.15) is 12.7 Å². The van der Waals surface area contributed by atoms with E-state index in [1.807, 2.05) is 27.7 Å². The molecule has 1 heterocycles. The molecule has 1 aromatic heterocycles. The van der Waals surface area contributed by atoms with Gasteiger partial charge in [0.2, 0.25) is 5.91 Å². The van der Waals surface area contributed by atoms with Gasteiger partial charge < -0.3 is 10.4 Å². The van der Waals surface area contributed by atoms with Crippen molar-refractivity contribution >= 4 is 5.91 Å². The summed E-state index contributed by atoms with van der Waals surface area (Å²) in [6.45, 7) is 8.82. The highest BCUT2D eigenvalue weighted by Crippen LogP contribution is 2.24. The van der Waals surface area contributed by atoms with Crippen molar-refractivity contribution in [2.45, 2.75) is 46.8 Å². The van der Waals surface area contributed by atoms with E-state index >= 15 is 0 Å². The summed E-state index contributed by atoms with van der Waals surface area (Å²) in [6, 6.07) is 0. The molecular formula is C13H24N4O2. The molecule has 0 fully saturated rings. The Bertz CT molecular complexity index is 387. The van der Waals surface area contributed by atoms with Crippen molar-refractivity contribution in [3.05, 3.63) is 12.7 Å². The number of nitrogens with zero attached hydrogens (tertiary/aromatic N) is 3. The number of aliphatic hydroxyl groups excluding tert-OH is 1. The smallest absolute Gasteiger partial charge is 0.221 e. The second kappa shape index (κ2) is 6.65. The molecule has 0 bridgehead atoms. The number of carbonyl (C=O) groups excluding carboxylic acids is 1. The number of aliphatic hydroxyl groups is 1. The number of aryl methyl sites for hydroxylation is 1. The summed E-state index contributed by atoms with van der Waals surface area (Å²) in [7, 11) is 0. The lowest BCUT2D eigenvalue weighted by atomic mass is 9.80. The molecule has 0 aliphatic rings. The van der Waals surface area contributed by atoms with Crippen LogP contribution in [-0.2, 0) is 11.3 Å². The van der Waals surface area contributed by atoms with Crippen molar-refractivity contribution in [1.82, 2.24) is 20.1 Å². The monoisotopic (exact) mass is 268 g/mol. The van der Waals surface area contributed by atoms with Gasteiger partial charge in [-0.3, -0.25) is 9.48 Å². The molecule has 0 radical (unpaired) electrons. The van der Waals surface area contributed by atoms with Crippen LogP contribution in [0, 0.1) is 11.3 Å². The SMILES string of the molecule is CC(C)C(O)C(C)(C)CNC(=O)CCn1cncn1. The number of rotatable bonds is 7. The van der Waals surface area contributed by atoms with Crippen molar-refractivity contribution in [2.75, 3.05) is 6.54 Å². The molecule has 0 spiro atoms. The Kier molecular flexibility index (Phi) is 5.47. The third kappa shape index (κ3) is 4.98. The third-order valence-electron chi connectivity index (χ3n) is 3.21. The molecular weight excluding hydrogens is 244 g/mol. The third-order valence-corrected chi connectivity index (χ3v) is 3.21. The Labute approximate surface area is 114 Å². The van der Waals surface area contributed by atoms with Gasteiger partial charge in [0.15, 0.2) is 0 Å². The van der Waals surface area contributed by atoms with E-state index in [0.29, 0.717) is 19.5 Å². The van der Waals surface area contributed by atoms with Gasteiger partial charge in [-0.2, -0.15) is 5.10 Å². The molecule has 2 N–H and O–H groups in total. The first-order chi connectivity index (χ1) is 8.83. The summed E-state index contributed by atoms with van der Waals surface area (Å²) >= 11 is 0. The Morgan fingerprint density at radius 2 is 2.16 bits per heavy atom. The second-order valence-corrected chi connectivity index (χ2v) is 5.86. The first-order valence-electron chi connectivity index (χ1n) is 6.60. The van der Waals surface area contributed by atoms with E-state index in [4.69, 9.17) is 0 Å². The van der Waals surface area contributed by atoms with Gasteiger partial charge in [0, 0.05) is 18.4 Å². The first kappa shape index (κ1) is 15.6. The van der Waals surface area contributed by atoms with Gasteiger partial charge >= 0.3 is 0 Å². The molecule has 1 atom stereocenters. The first-order valence-corrected chi connectivity index (χ1v) is 6.60. The Morgan fingerprint density at radius 1 is 1.47 bits per heavy atom. The highest BCUT2D eigenvalue weighted by molar-refractivity contribution is 5.75. The molecule has 1 aromatic rings. The lowest BCUT2D eigenvalue weighted by molar-refractivity contribution is -0.122. The molecule has 6 nitrogen and oxygen atoms in total. The zero-order valence-electron chi connectivity index (χ0n) is 12.1. The summed E-state index contributed by atoms with van der Waals surface area (Å²) in [4.78, 5) is 15.5. The highest BCUT2D eigenvalue weighted by atomic mass is 16.3. The predicted octanol–water partition coefficient (Wildman–Crippen LogP) is 0.827. The van der Waals surface area contributed by atoms with Gasteiger partial charge in [-0.15, -0.1) is 0 Å². The van der Waals surface area contributed by atoms with Crippen LogP contribution in [0.15, 0.2) is 12.7 Å². The number of hydrogen-bond donors (Lipinski definition) is 2. The van der Waals surface area contributed by atoms with E-state index in [1.165, 1.54) is 6.33 Å². The van der Waals surface area contributed by atoms with E-state index < -0.39 is 6.10 Å². The van der Waals surface area contributed by atoms with Gasteiger partial charge in [0.25, 0.3) is 0 Å². The Morgan fingerprint density at radius 3 is 2.68 bits per heavy atom. The topological polar surface area (TPSA) is 80.0 Å². The van der Waals surface area contributed by atoms with Gasteiger partial charge in [0.05, 0.1) is 12.6 Å². The molecule has 1 amide bonds. The van der Waals surface area contributed by atoms with Crippen LogP contribution in [0.4, 0.5) is 0 Å². The molecule has 0 saturated carbocycles.